The number of nitrogen functional groups attached to an aromatic ring is 3. The average Bonchev–Trinajstić information content (AvgIpc) is 2.83. The molecule has 3 aromatic rings. The number of rotatable bonds is 6. The summed E-state index contributed by atoms with van der Waals surface area (Å²) in [6.07, 6.45) is 0. The quantitative estimate of drug-likeness (QED) is 0.195. The molecular formula is C24H15Ce2N3O12. The molecule has 0 aliphatic heterocycles. The Kier molecular flexibility index (Phi) is 17.6. The van der Waals surface area contributed by atoms with Gasteiger partial charge in [0.2, 0.25) is 0 Å². The number of carboxylic acid groups (broad SMARTS) is 6. The van der Waals surface area contributed by atoms with Gasteiger partial charge in [-0.25, -0.2) is 0 Å². The standard InChI is InChI=1S/3C8H7NO4.2Ce/c3*9-6-3-4(7(10)11)1-2-5(6)8(12)13;;/h3*1-3H,9H2,(H,10,11)(H,12,13);;/q;;;2*+3/p-6. The third-order valence-corrected chi connectivity index (χ3v) is 4.52. The second-order valence-corrected chi connectivity index (χ2v) is 7.13. The van der Waals surface area contributed by atoms with Crippen LogP contribution in [0.3, 0.4) is 0 Å². The second kappa shape index (κ2) is 18.1. The van der Waals surface area contributed by atoms with Crippen molar-refractivity contribution in [2.45, 2.75) is 0 Å². The van der Waals surface area contributed by atoms with E-state index in [1.807, 2.05) is 0 Å². The summed E-state index contributed by atoms with van der Waals surface area (Å²) in [5.74, 6) is -8.54. The van der Waals surface area contributed by atoms with Crippen LogP contribution in [0.1, 0.15) is 62.1 Å². The van der Waals surface area contributed by atoms with E-state index >= 15 is 0 Å². The van der Waals surface area contributed by atoms with Crippen molar-refractivity contribution in [1.82, 2.24) is 0 Å². The molecule has 0 heterocycles. The van der Waals surface area contributed by atoms with Crippen LogP contribution in [0.5, 0.6) is 0 Å². The van der Waals surface area contributed by atoms with E-state index < -0.39 is 35.8 Å². The third-order valence-electron chi connectivity index (χ3n) is 4.52. The molecule has 15 nitrogen and oxygen atoms in total. The van der Waals surface area contributed by atoms with Gasteiger partial charge in [0.05, 0.1) is 35.8 Å². The van der Waals surface area contributed by atoms with Crippen LogP contribution in [-0.4, -0.2) is 35.8 Å². The number of nitrogens with two attached hydrogens (primary N) is 3. The molecule has 0 aliphatic carbocycles. The number of hydrogen-bond acceptors (Lipinski definition) is 15. The van der Waals surface area contributed by atoms with E-state index in [0.717, 1.165) is 54.6 Å². The second-order valence-electron chi connectivity index (χ2n) is 7.13. The number of carbonyl (C=O) groups excluding carboxylic acids is 6. The van der Waals surface area contributed by atoms with Gasteiger partial charge in [0.25, 0.3) is 0 Å². The van der Waals surface area contributed by atoms with Crippen LogP contribution in [-0.2, 0) is 0 Å². The van der Waals surface area contributed by atoms with Crippen molar-refractivity contribution in [3.05, 3.63) is 88.0 Å². The predicted octanol–water partition coefficient (Wildman–Crippen LogP) is -6.01. The Labute approximate surface area is 297 Å². The van der Waals surface area contributed by atoms with Gasteiger partial charge in [0, 0.05) is 33.8 Å². The van der Waals surface area contributed by atoms with Gasteiger partial charge in [-0.3, -0.25) is 0 Å². The van der Waals surface area contributed by atoms with Crippen LogP contribution in [0.15, 0.2) is 54.6 Å². The first-order valence-corrected chi connectivity index (χ1v) is 10.0. The molecule has 0 amide bonds. The summed E-state index contributed by atoms with van der Waals surface area (Å²) in [6, 6.07) is 9.52. The molecule has 6 N–H and O–H groups in total. The van der Waals surface area contributed by atoms with Crippen LogP contribution in [0, 0.1) is 83.5 Å². The molecule has 2 radical (unpaired) electrons. The van der Waals surface area contributed by atoms with Crippen molar-refractivity contribution in [1.29, 1.82) is 0 Å². The molecule has 0 saturated heterocycles. The van der Waals surface area contributed by atoms with Crippen molar-refractivity contribution in [3.63, 3.8) is 0 Å². The number of benzene rings is 3. The minimum atomic E-state index is -1.44. The Hall–Kier alpha value is -3.37. The van der Waals surface area contributed by atoms with E-state index in [-0.39, 0.29) is 134 Å². The van der Waals surface area contributed by atoms with E-state index in [9.17, 15) is 59.4 Å². The SMILES string of the molecule is Nc1cc(C(=O)[O-])ccc1C(=O)[O-].Nc1cc(C(=O)[O-])ccc1C(=O)[O-].Nc1cc(C(=O)[O-])ccc1C(=O)[O-].[Ce+3].[Ce+3]. The Balaban J connectivity index is 0. The maximum absolute atomic E-state index is 10.3. The van der Waals surface area contributed by atoms with Gasteiger partial charge >= 0.3 is 83.5 Å². The normalized spacial score (nSPS) is 9.07. The maximum Gasteiger partial charge on any atom is 3.00 e. The molecule has 0 atom stereocenters. The summed E-state index contributed by atoms with van der Waals surface area (Å²) in [7, 11) is 0. The van der Waals surface area contributed by atoms with Gasteiger partial charge in [-0.05, 0) is 34.9 Å². The van der Waals surface area contributed by atoms with E-state index in [1.165, 1.54) is 0 Å². The Morgan fingerprint density at radius 3 is 0.707 bits per heavy atom. The number of hydrogen-bond donors (Lipinski definition) is 3. The number of aromatic carboxylic acids is 6. The van der Waals surface area contributed by atoms with Gasteiger partial charge in [-0.2, -0.15) is 0 Å². The summed E-state index contributed by atoms with van der Waals surface area (Å²) in [5, 5.41) is 62.0. The monoisotopic (exact) mass is 817 g/mol. The molecule has 3 aromatic carbocycles. The van der Waals surface area contributed by atoms with E-state index in [0.29, 0.717) is 0 Å². The van der Waals surface area contributed by atoms with Gasteiger partial charge in [0.15, 0.2) is 0 Å². The minimum Gasteiger partial charge on any atom is -0.545 e. The zero-order valence-corrected chi connectivity index (χ0v) is 26.6. The molecular weight excluding hydrogens is 803 g/mol. The third kappa shape index (κ3) is 12.4. The van der Waals surface area contributed by atoms with Gasteiger partial charge in [0.1, 0.15) is 0 Å². The van der Waals surface area contributed by atoms with E-state index in [1.54, 1.807) is 0 Å². The fraction of sp³-hybridized carbons (Fsp3) is 0. The number of carbonyl (C=O) groups is 6. The average molecular weight is 818 g/mol. The fourth-order valence-corrected chi connectivity index (χ4v) is 2.63. The molecule has 0 unspecified atom stereocenters. The maximum atomic E-state index is 10.3. The van der Waals surface area contributed by atoms with Gasteiger partial charge in [-0.15, -0.1) is 0 Å². The van der Waals surface area contributed by atoms with E-state index in [2.05, 4.69) is 0 Å². The Bertz CT molecular complexity index is 1300. The van der Waals surface area contributed by atoms with Crippen molar-refractivity contribution in [2.75, 3.05) is 17.2 Å². The van der Waals surface area contributed by atoms with E-state index in [4.69, 9.17) is 17.2 Å². The largest absolute Gasteiger partial charge is 3.00 e. The summed E-state index contributed by atoms with van der Waals surface area (Å²) in [4.78, 5) is 62.0. The van der Waals surface area contributed by atoms with Crippen LogP contribution in [0.2, 0.25) is 0 Å². The summed E-state index contributed by atoms with van der Waals surface area (Å²) >= 11 is 0. The molecule has 0 spiro atoms. The van der Waals surface area contributed by atoms with Crippen LogP contribution in [0.4, 0.5) is 17.1 Å². The number of anilines is 3. The molecule has 0 fully saturated rings. The van der Waals surface area contributed by atoms with Crippen LogP contribution < -0.4 is 47.8 Å². The number of carboxylic acids is 6. The summed E-state index contributed by atoms with van der Waals surface area (Å²) in [6.45, 7) is 0. The summed E-state index contributed by atoms with van der Waals surface area (Å²) < 4.78 is 0. The van der Waals surface area contributed by atoms with Crippen molar-refractivity contribution in [3.8, 4) is 0 Å². The zero-order chi connectivity index (χ0) is 30.0. The zero-order valence-electron chi connectivity index (χ0n) is 20.3. The molecule has 206 valence electrons. The molecule has 0 aromatic heterocycles. The molecule has 41 heavy (non-hydrogen) atoms. The fourth-order valence-electron chi connectivity index (χ4n) is 2.63. The Morgan fingerprint density at radius 2 is 0.585 bits per heavy atom. The Morgan fingerprint density at radius 1 is 0.390 bits per heavy atom. The molecule has 0 aliphatic rings. The molecule has 0 saturated carbocycles. The van der Waals surface area contributed by atoms with Crippen molar-refractivity contribution in [2.24, 2.45) is 0 Å². The first kappa shape index (κ1) is 39.8. The van der Waals surface area contributed by atoms with Crippen molar-refractivity contribution < 1.29 is 143 Å². The topological polar surface area (TPSA) is 319 Å². The molecule has 0 bridgehead atoms. The molecule has 3 rings (SSSR count). The first-order chi connectivity index (χ1) is 18.1. The minimum absolute atomic E-state index is 0. The first-order valence-electron chi connectivity index (χ1n) is 10.0. The molecule has 17 heteroatoms. The van der Waals surface area contributed by atoms with Gasteiger partial charge < -0.3 is 76.6 Å². The van der Waals surface area contributed by atoms with Crippen molar-refractivity contribution >= 4 is 52.9 Å². The smallest absolute Gasteiger partial charge is 0.545 e. The van der Waals surface area contributed by atoms with Crippen LogP contribution in [0.25, 0.3) is 0 Å². The van der Waals surface area contributed by atoms with Gasteiger partial charge in [-0.1, -0.05) is 36.4 Å². The predicted molar refractivity (Wildman–Crippen MR) is 119 cm³/mol. The van der Waals surface area contributed by atoms with Crippen LogP contribution >= 0.6 is 0 Å². The summed E-state index contributed by atoms with van der Waals surface area (Å²) in [5.41, 5.74) is 14.1.